The standard InChI is InChI=1S/C23H26N2.CH4/c1-16-11-12-21-20(15-16)19-9-6-10-22-23(19)25(21)14-13-24(22)17(2)18-7-4-3-5-8-18;/h3-5,7-8,11-12,15,17,22H,6,9-10,13-14H2,1-2H3;1H4/t17-,22-;/m1./s1. The van der Waals surface area contributed by atoms with E-state index in [2.05, 4.69) is 71.8 Å². The van der Waals surface area contributed by atoms with Crippen molar-refractivity contribution in [2.24, 2.45) is 0 Å². The fourth-order valence-corrected chi connectivity index (χ4v) is 5.13. The third kappa shape index (κ3) is 2.51. The molecule has 1 aliphatic heterocycles. The molecule has 2 aromatic carbocycles. The predicted octanol–water partition coefficient (Wildman–Crippen LogP) is 6.04. The summed E-state index contributed by atoms with van der Waals surface area (Å²) in [5, 5.41) is 1.51. The van der Waals surface area contributed by atoms with Gasteiger partial charge in [0, 0.05) is 35.7 Å². The number of hydrogen-bond donors (Lipinski definition) is 0. The van der Waals surface area contributed by atoms with Crippen LogP contribution < -0.4 is 0 Å². The number of rotatable bonds is 2. The first-order chi connectivity index (χ1) is 12.2. The number of aryl methyl sites for hydroxylation is 2. The van der Waals surface area contributed by atoms with Crippen LogP contribution in [-0.4, -0.2) is 16.0 Å². The molecule has 2 heterocycles. The second-order valence-electron chi connectivity index (χ2n) is 7.77. The zero-order chi connectivity index (χ0) is 17.0. The minimum absolute atomic E-state index is 0. The zero-order valence-corrected chi connectivity index (χ0v) is 15.2. The van der Waals surface area contributed by atoms with Gasteiger partial charge in [0.05, 0.1) is 6.04 Å². The summed E-state index contributed by atoms with van der Waals surface area (Å²) >= 11 is 0. The number of nitrogens with zero attached hydrogens (tertiary/aromatic N) is 2. The molecule has 2 nitrogen and oxygen atoms in total. The lowest BCUT2D eigenvalue weighted by Crippen LogP contribution is -2.41. The van der Waals surface area contributed by atoms with Crippen LogP contribution in [-0.2, 0) is 13.0 Å². The van der Waals surface area contributed by atoms with Crippen LogP contribution in [0.2, 0.25) is 0 Å². The van der Waals surface area contributed by atoms with Crippen LogP contribution in [0.1, 0.15) is 61.7 Å². The van der Waals surface area contributed by atoms with Crippen molar-refractivity contribution in [2.75, 3.05) is 6.54 Å². The van der Waals surface area contributed by atoms with E-state index in [9.17, 15) is 0 Å². The summed E-state index contributed by atoms with van der Waals surface area (Å²) < 4.78 is 2.63. The van der Waals surface area contributed by atoms with Crippen molar-refractivity contribution in [1.29, 1.82) is 0 Å². The van der Waals surface area contributed by atoms with Crippen LogP contribution >= 0.6 is 0 Å². The van der Waals surface area contributed by atoms with E-state index < -0.39 is 0 Å². The van der Waals surface area contributed by atoms with Gasteiger partial charge in [0.2, 0.25) is 0 Å². The molecule has 26 heavy (non-hydrogen) atoms. The highest BCUT2D eigenvalue weighted by atomic mass is 15.3. The fourth-order valence-electron chi connectivity index (χ4n) is 5.13. The second kappa shape index (κ2) is 6.59. The summed E-state index contributed by atoms with van der Waals surface area (Å²) in [4.78, 5) is 2.75. The fraction of sp³-hybridized carbons (Fsp3) is 0.417. The Balaban J connectivity index is 0.00000168. The molecular weight excluding hydrogens is 316 g/mol. The van der Waals surface area contributed by atoms with E-state index in [4.69, 9.17) is 0 Å². The number of aromatic nitrogens is 1. The molecule has 0 bridgehead atoms. The van der Waals surface area contributed by atoms with Crippen LogP contribution in [0.25, 0.3) is 10.9 Å². The van der Waals surface area contributed by atoms with Gasteiger partial charge < -0.3 is 4.57 Å². The first-order valence-electron chi connectivity index (χ1n) is 9.66. The Morgan fingerprint density at radius 1 is 1.04 bits per heavy atom. The molecule has 3 aromatic rings. The lowest BCUT2D eigenvalue weighted by Gasteiger charge is -2.43. The van der Waals surface area contributed by atoms with Gasteiger partial charge >= 0.3 is 0 Å². The summed E-state index contributed by atoms with van der Waals surface area (Å²) in [6.07, 6.45) is 3.84. The third-order valence-electron chi connectivity index (χ3n) is 6.35. The quantitative estimate of drug-likeness (QED) is 0.549. The van der Waals surface area contributed by atoms with Crippen molar-refractivity contribution >= 4 is 10.9 Å². The zero-order valence-electron chi connectivity index (χ0n) is 15.2. The van der Waals surface area contributed by atoms with Crippen molar-refractivity contribution in [3.8, 4) is 0 Å². The van der Waals surface area contributed by atoms with Crippen molar-refractivity contribution < 1.29 is 0 Å². The smallest absolute Gasteiger partial charge is 0.0510 e. The molecule has 0 fully saturated rings. The normalized spacial score (nSPS) is 20.5. The molecule has 0 unspecified atom stereocenters. The van der Waals surface area contributed by atoms with Crippen molar-refractivity contribution in [3.05, 3.63) is 70.9 Å². The van der Waals surface area contributed by atoms with E-state index in [0.717, 1.165) is 13.1 Å². The van der Waals surface area contributed by atoms with E-state index >= 15 is 0 Å². The van der Waals surface area contributed by atoms with Gasteiger partial charge in [-0.3, -0.25) is 4.90 Å². The molecule has 0 spiro atoms. The second-order valence-corrected chi connectivity index (χ2v) is 7.77. The molecule has 5 rings (SSSR count). The summed E-state index contributed by atoms with van der Waals surface area (Å²) in [5.74, 6) is 0. The first kappa shape index (κ1) is 17.4. The van der Waals surface area contributed by atoms with E-state index in [-0.39, 0.29) is 7.43 Å². The lowest BCUT2D eigenvalue weighted by atomic mass is 9.88. The Morgan fingerprint density at radius 3 is 2.65 bits per heavy atom. The Morgan fingerprint density at radius 2 is 1.85 bits per heavy atom. The van der Waals surface area contributed by atoms with E-state index in [1.165, 1.54) is 41.3 Å². The van der Waals surface area contributed by atoms with Gasteiger partial charge in [-0.15, -0.1) is 0 Å². The first-order valence-corrected chi connectivity index (χ1v) is 9.66. The molecule has 0 radical (unpaired) electrons. The average molecular weight is 347 g/mol. The maximum absolute atomic E-state index is 2.75. The Bertz CT molecular complexity index is 922. The summed E-state index contributed by atoms with van der Waals surface area (Å²) in [6, 6.07) is 19.1. The van der Waals surface area contributed by atoms with Crippen molar-refractivity contribution in [1.82, 2.24) is 9.47 Å². The van der Waals surface area contributed by atoms with Crippen LogP contribution in [0.15, 0.2) is 48.5 Å². The molecule has 0 saturated carbocycles. The Kier molecular flexibility index (Phi) is 4.40. The molecule has 136 valence electrons. The number of fused-ring (bicyclic) bond motifs is 3. The molecule has 2 aliphatic rings. The highest BCUT2D eigenvalue weighted by Gasteiger charge is 2.36. The van der Waals surface area contributed by atoms with Gasteiger partial charge in [-0.25, -0.2) is 0 Å². The maximum atomic E-state index is 2.75. The third-order valence-corrected chi connectivity index (χ3v) is 6.35. The van der Waals surface area contributed by atoms with Crippen molar-refractivity contribution in [3.63, 3.8) is 0 Å². The SMILES string of the molecule is C.Cc1ccc2c(c1)c1c3n2CCN([C@H](C)c2ccccc2)[C@@H]3CCC1. The van der Waals surface area contributed by atoms with Crippen LogP contribution in [0.3, 0.4) is 0 Å². The molecule has 0 saturated heterocycles. The van der Waals surface area contributed by atoms with Crippen LogP contribution in [0.4, 0.5) is 0 Å². The number of hydrogen-bond acceptors (Lipinski definition) is 1. The highest BCUT2D eigenvalue weighted by molar-refractivity contribution is 5.87. The van der Waals surface area contributed by atoms with Gasteiger partial charge in [0.1, 0.15) is 0 Å². The minimum atomic E-state index is 0. The molecule has 2 heteroatoms. The van der Waals surface area contributed by atoms with Gasteiger partial charge in [-0.2, -0.15) is 0 Å². The van der Waals surface area contributed by atoms with Gasteiger partial charge in [0.15, 0.2) is 0 Å². The molecule has 0 N–H and O–H groups in total. The minimum Gasteiger partial charge on any atom is -0.342 e. The topological polar surface area (TPSA) is 8.17 Å². The summed E-state index contributed by atoms with van der Waals surface area (Å²) in [6.45, 7) is 6.85. The van der Waals surface area contributed by atoms with E-state index in [1.807, 2.05) is 0 Å². The average Bonchev–Trinajstić information content (AvgIpc) is 2.97. The summed E-state index contributed by atoms with van der Waals surface area (Å²) in [5.41, 5.74) is 7.51. The van der Waals surface area contributed by atoms with E-state index in [1.54, 1.807) is 11.3 Å². The Labute approximate surface area is 157 Å². The predicted molar refractivity (Wildman–Crippen MR) is 111 cm³/mol. The highest BCUT2D eigenvalue weighted by Crippen LogP contribution is 2.45. The monoisotopic (exact) mass is 346 g/mol. The molecular formula is C24H30N2. The Hall–Kier alpha value is -2.06. The van der Waals surface area contributed by atoms with Gasteiger partial charge in [-0.05, 0) is 56.4 Å². The van der Waals surface area contributed by atoms with Crippen LogP contribution in [0, 0.1) is 6.92 Å². The van der Waals surface area contributed by atoms with Gasteiger partial charge in [0.25, 0.3) is 0 Å². The van der Waals surface area contributed by atoms with Gasteiger partial charge in [-0.1, -0.05) is 49.4 Å². The lowest BCUT2D eigenvalue weighted by molar-refractivity contribution is 0.0973. The summed E-state index contributed by atoms with van der Waals surface area (Å²) in [7, 11) is 0. The largest absolute Gasteiger partial charge is 0.342 e. The number of benzene rings is 2. The molecule has 1 aliphatic carbocycles. The molecule has 2 atom stereocenters. The molecule has 0 amide bonds. The van der Waals surface area contributed by atoms with E-state index in [0.29, 0.717) is 12.1 Å². The molecule has 1 aromatic heterocycles. The van der Waals surface area contributed by atoms with Crippen molar-refractivity contribution in [2.45, 2.75) is 59.2 Å². The maximum Gasteiger partial charge on any atom is 0.0510 e. The van der Waals surface area contributed by atoms with Crippen LogP contribution in [0.5, 0.6) is 0 Å².